The molecule has 0 aliphatic carbocycles. The van der Waals surface area contributed by atoms with Crippen LogP contribution in [-0.4, -0.2) is 22.6 Å². The highest BCUT2D eigenvalue weighted by molar-refractivity contribution is 6.03. The van der Waals surface area contributed by atoms with Gasteiger partial charge in [0, 0.05) is 5.69 Å². The van der Waals surface area contributed by atoms with Crippen molar-refractivity contribution in [2.24, 2.45) is 5.10 Å². The molecule has 3 N–H and O–H groups in total. The van der Waals surface area contributed by atoms with Gasteiger partial charge in [0.25, 0.3) is 11.8 Å². The van der Waals surface area contributed by atoms with Crippen molar-refractivity contribution in [3.63, 3.8) is 0 Å². The van der Waals surface area contributed by atoms with Crippen LogP contribution in [0.1, 0.15) is 34.7 Å². The van der Waals surface area contributed by atoms with Gasteiger partial charge >= 0.3 is 0 Å². The summed E-state index contributed by atoms with van der Waals surface area (Å²) in [5.41, 5.74) is 4.76. The third kappa shape index (κ3) is 4.72. The normalized spacial score (nSPS) is 12.3. The number of benzene rings is 2. The molecule has 2 aromatic carbocycles. The summed E-state index contributed by atoms with van der Waals surface area (Å²) < 4.78 is 5.04. The lowest BCUT2D eigenvalue weighted by atomic mass is 10.1. The predicted molar refractivity (Wildman–Crippen MR) is 105 cm³/mol. The summed E-state index contributed by atoms with van der Waals surface area (Å²) in [6, 6.07) is 18.8. The number of rotatable bonds is 6. The molecule has 0 aliphatic heterocycles. The maximum atomic E-state index is 12.0. The second kappa shape index (κ2) is 8.79. The number of hydrogen-bond donors (Lipinski definition) is 3. The van der Waals surface area contributed by atoms with Gasteiger partial charge in [0.15, 0.2) is 11.9 Å². The number of amides is 2. The van der Waals surface area contributed by atoms with E-state index < -0.39 is 12.0 Å². The molecule has 3 rings (SSSR count). The molecule has 2 amide bonds. The summed E-state index contributed by atoms with van der Waals surface area (Å²) >= 11 is 0. The van der Waals surface area contributed by atoms with Gasteiger partial charge in [-0.25, -0.2) is 5.43 Å². The highest BCUT2D eigenvalue weighted by Crippen LogP contribution is 2.14. The van der Waals surface area contributed by atoms with Crippen LogP contribution in [0.15, 0.2) is 82.5 Å². The van der Waals surface area contributed by atoms with Gasteiger partial charge in [-0.1, -0.05) is 42.5 Å². The van der Waals surface area contributed by atoms with Crippen molar-refractivity contribution in [2.45, 2.75) is 13.0 Å². The first-order chi connectivity index (χ1) is 13.5. The van der Waals surface area contributed by atoms with Gasteiger partial charge in [0.2, 0.25) is 0 Å². The molecule has 0 spiro atoms. The van der Waals surface area contributed by atoms with Crippen molar-refractivity contribution < 1.29 is 19.1 Å². The van der Waals surface area contributed by atoms with Gasteiger partial charge in [0.1, 0.15) is 0 Å². The second-order valence-electron chi connectivity index (χ2n) is 6.00. The average Bonchev–Trinajstić information content (AvgIpc) is 3.27. The Labute approximate surface area is 161 Å². The van der Waals surface area contributed by atoms with Gasteiger partial charge in [-0.3, -0.25) is 9.59 Å². The summed E-state index contributed by atoms with van der Waals surface area (Å²) in [6.07, 6.45) is 0.137. The van der Waals surface area contributed by atoms with Crippen LogP contribution in [0.3, 0.4) is 0 Å². The maximum Gasteiger partial charge on any atom is 0.291 e. The monoisotopic (exact) mass is 377 g/mol. The Morgan fingerprint density at radius 2 is 1.71 bits per heavy atom. The van der Waals surface area contributed by atoms with Crippen molar-refractivity contribution in [1.82, 2.24) is 5.43 Å². The molecule has 1 unspecified atom stereocenters. The minimum Gasteiger partial charge on any atom is -0.459 e. The Bertz CT molecular complexity index is 965. The zero-order valence-electron chi connectivity index (χ0n) is 15.1. The first kappa shape index (κ1) is 19.1. The minimum atomic E-state index is -1.29. The lowest BCUT2D eigenvalue weighted by Crippen LogP contribution is -2.26. The molecule has 28 heavy (non-hydrogen) atoms. The molecule has 0 bridgehead atoms. The van der Waals surface area contributed by atoms with Gasteiger partial charge in [-0.05, 0) is 42.3 Å². The van der Waals surface area contributed by atoms with Crippen molar-refractivity contribution in [1.29, 1.82) is 0 Å². The Morgan fingerprint density at radius 1 is 1.00 bits per heavy atom. The number of nitrogens with one attached hydrogen (secondary N) is 2. The van der Waals surface area contributed by atoms with Crippen molar-refractivity contribution in [3.8, 4) is 0 Å². The lowest BCUT2D eigenvalue weighted by Gasteiger charge is -2.10. The number of carbonyl (C=O) groups is 2. The van der Waals surface area contributed by atoms with Crippen molar-refractivity contribution in [2.75, 3.05) is 5.32 Å². The van der Waals surface area contributed by atoms with Crippen LogP contribution in [-0.2, 0) is 4.79 Å². The van der Waals surface area contributed by atoms with Gasteiger partial charge in [-0.15, -0.1) is 0 Å². The summed E-state index contributed by atoms with van der Waals surface area (Å²) in [7, 11) is 0. The molecule has 7 nitrogen and oxygen atoms in total. The largest absolute Gasteiger partial charge is 0.459 e. The standard InChI is InChI=1S/C21H19N3O4/c1-14(23-24-21(27)19(25)16-6-3-2-4-7-16)15-9-11-17(12-10-15)22-20(26)18-8-5-13-28-18/h2-13,19,25H,1H3,(H,22,26)(H,24,27). The van der Waals surface area contributed by atoms with Crippen LogP contribution in [0, 0.1) is 0 Å². The van der Waals surface area contributed by atoms with E-state index in [1.54, 1.807) is 73.7 Å². The van der Waals surface area contributed by atoms with E-state index in [4.69, 9.17) is 4.42 Å². The number of furan rings is 1. The van der Waals surface area contributed by atoms with Crippen LogP contribution in [0.25, 0.3) is 0 Å². The summed E-state index contributed by atoms with van der Waals surface area (Å²) in [5.74, 6) is -0.736. The molecule has 0 fully saturated rings. The fourth-order valence-corrected chi connectivity index (χ4v) is 2.45. The molecule has 0 aliphatic rings. The first-order valence-electron chi connectivity index (χ1n) is 8.57. The second-order valence-corrected chi connectivity index (χ2v) is 6.00. The van der Waals surface area contributed by atoms with Crippen molar-refractivity contribution in [3.05, 3.63) is 89.9 Å². The molecule has 1 atom stereocenters. The van der Waals surface area contributed by atoms with Gasteiger partial charge in [-0.2, -0.15) is 5.10 Å². The molecule has 3 aromatic rings. The first-order valence-corrected chi connectivity index (χ1v) is 8.57. The molecular formula is C21H19N3O4. The quantitative estimate of drug-likeness (QED) is 0.453. The zero-order chi connectivity index (χ0) is 19.9. The Morgan fingerprint density at radius 3 is 2.36 bits per heavy atom. The van der Waals surface area contributed by atoms with E-state index in [1.807, 2.05) is 0 Å². The number of anilines is 1. The molecule has 0 saturated carbocycles. The molecule has 7 heteroatoms. The van der Waals surface area contributed by atoms with Crippen LogP contribution < -0.4 is 10.7 Å². The minimum absolute atomic E-state index is 0.224. The molecule has 142 valence electrons. The Hall–Kier alpha value is -3.71. The molecule has 0 radical (unpaired) electrons. The third-order valence-corrected chi connectivity index (χ3v) is 4.00. The van der Waals surface area contributed by atoms with E-state index in [0.29, 0.717) is 17.0 Å². The van der Waals surface area contributed by atoms with Crippen LogP contribution >= 0.6 is 0 Å². The van der Waals surface area contributed by atoms with Crippen LogP contribution in [0.4, 0.5) is 5.69 Å². The lowest BCUT2D eigenvalue weighted by molar-refractivity contribution is -0.129. The Kier molecular flexibility index (Phi) is 5.98. The third-order valence-electron chi connectivity index (χ3n) is 4.00. The van der Waals surface area contributed by atoms with E-state index in [9.17, 15) is 14.7 Å². The summed E-state index contributed by atoms with van der Waals surface area (Å²) in [4.78, 5) is 24.0. The van der Waals surface area contributed by atoms with Crippen LogP contribution in [0.2, 0.25) is 0 Å². The highest BCUT2D eigenvalue weighted by atomic mass is 16.3. The SMILES string of the molecule is CC(=NNC(=O)C(O)c1ccccc1)c1ccc(NC(=O)c2ccco2)cc1. The molecule has 0 saturated heterocycles. The number of hydrogen-bond acceptors (Lipinski definition) is 5. The van der Waals surface area contributed by atoms with Crippen molar-refractivity contribution >= 4 is 23.2 Å². The van der Waals surface area contributed by atoms with Gasteiger partial charge in [0.05, 0.1) is 12.0 Å². The number of carbonyl (C=O) groups excluding carboxylic acids is 2. The molecule has 1 aromatic heterocycles. The zero-order valence-corrected chi connectivity index (χ0v) is 15.1. The maximum absolute atomic E-state index is 12.0. The van der Waals surface area contributed by atoms with Crippen LogP contribution in [0.5, 0.6) is 0 Å². The number of aliphatic hydroxyl groups excluding tert-OH is 1. The number of aliphatic hydroxyl groups is 1. The van der Waals surface area contributed by atoms with Gasteiger partial charge < -0.3 is 14.8 Å². The number of nitrogens with zero attached hydrogens (tertiary/aromatic N) is 1. The topological polar surface area (TPSA) is 104 Å². The van der Waals surface area contributed by atoms with E-state index in [1.165, 1.54) is 6.26 Å². The smallest absolute Gasteiger partial charge is 0.291 e. The predicted octanol–water partition coefficient (Wildman–Crippen LogP) is 3.11. The fourth-order valence-electron chi connectivity index (χ4n) is 2.45. The average molecular weight is 377 g/mol. The van der Waals surface area contributed by atoms with E-state index in [2.05, 4.69) is 15.8 Å². The molecular weight excluding hydrogens is 358 g/mol. The van der Waals surface area contributed by atoms with E-state index in [0.717, 1.165) is 5.56 Å². The van der Waals surface area contributed by atoms with E-state index >= 15 is 0 Å². The highest BCUT2D eigenvalue weighted by Gasteiger charge is 2.16. The number of hydrazone groups is 1. The van der Waals surface area contributed by atoms with E-state index in [-0.39, 0.29) is 11.7 Å². The Balaban J connectivity index is 1.60. The summed E-state index contributed by atoms with van der Waals surface area (Å²) in [6.45, 7) is 1.73. The summed E-state index contributed by atoms with van der Waals surface area (Å²) in [5, 5.41) is 16.8. The fraction of sp³-hybridized carbons (Fsp3) is 0.0952. The molecule has 1 heterocycles.